The lowest BCUT2D eigenvalue weighted by molar-refractivity contribution is 0.0601. The number of amides is 1. The fourth-order valence-corrected chi connectivity index (χ4v) is 5.64. The summed E-state index contributed by atoms with van der Waals surface area (Å²) < 4.78 is 4.99. The molecule has 11 heteroatoms. The third kappa shape index (κ3) is 5.59. The first-order chi connectivity index (χ1) is 16.2. The monoisotopic (exact) mass is 542 g/mol. The minimum atomic E-state index is -0.498. The molecule has 1 aromatic carbocycles. The molecule has 1 saturated heterocycles. The van der Waals surface area contributed by atoms with Crippen LogP contribution in [0.4, 0.5) is 10.7 Å². The second kappa shape index (κ2) is 11.6. The zero-order valence-electron chi connectivity index (χ0n) is 19.6. The van der Waals surface area contributed by atoms with Gasteiger partial charge >= 0.3 is 5.97 Å². The molecule has 34 heavy (non-hydrogen) atoms. The zero-order valence-corrected chi connectivity index (χ0v) is 22.8. The van der Waals surface area contributed by atoms with Crippen molar-refractivity contribution < 1.29 is 14.3 Å². The van der Waals surface area contributed by atoms with Crippen LogP contribution in [0.3, 0.4) is 0 Å². The summed E-state index contributed by atoms with van der Waals surface area (Å²) in [5.41, 5.74) is 1.96. The lowest BCUT2D eigenvalue weighted by atomic mass is 10.1. The van der Waals surface area contributed by atoms with E-state index in [1.165, 1.54) is 18.4 Å². The molecule has 1 aromatic heterocycles. The molecule has 1 aliphatic heterocycles. The van der Waals surface area contributed by atoms with Crippen LogP contribution in [0.1, 0.15) is 39.4 Å². The van der Waals surface area contributed by atoms with Crippen LogP contribution in [0.15, 0.2) is 18.2 Å². The summed E-state index contributed by atoms with van der Waals surface area (Å²) in [6, 6.07) is 5.61. The van der Waals surface area contributed by atoms with Gasteiger partial charge in [0.25, 0.3) is 5.91 Å². The number of benzene rings is 1. The number of ether oxygens (including phenoxy) is 1. The van der Waals surface area contributed by atoms with Crippen molar-refractivity contribution in [2.75, 3.05) is 56.6 Å². The van der Waals surface area contributed by atoms with E-state index in [9.17, 15) is 9.59 Å². The molecule has 1 fully saturated rings. The fraction of sp³-hybridized carbons (Fsp3) is 0.435. The number of thiophene rings is 1. The standard InChI is InChI=1S/C23H28Cl2N4O3S2/c1-5-27(6-2)21(30)19-14(3)18(22(31)32-4)20(34-19)26-23(33)29-11-9-28(10-12-29)15-7-8-16(24)17(25)13-15/h7-8,13H,5-6,9-12H2,1-4H3,(H,26,33). The van der Waals surface area contributed by atoms with Gasteiger partial charge in [-0.1, -0.05) is 23.2 Å². The third-order valence-electron chi connectivity index (χ3n) is 5.84. The molecule has 3 rings (SSSR count). The summed E-state index contributed by atoms with van der Waals surface area (Å²) >= 11 is 19.1. The zero-order chi connectivity index (χ0) is 25.0. The molecule has 184 valence electrons. The minimum absolute atomic E-state index is 0.105. The second-order valence-electron chi connectivity index (χ2n) is 7.73. The Kier molecular flexibility index (Phi) is 9.03. The van der Waals surface area contributed by atoms with Crippen LogP contribution in [0.25, 0.3) is 0 Å². The first-order valence-corrected chi connectivity index (χ1v) is 13.0. The van der Waals surface area contributed by atoms with Gasteiger partial charge in [-0.25, -0.2) is 4.79 Å². The Labute approximate surface area is 219 Å². The Morgan fingerprint density at radius 1 is 1.15 bits per heavy atom. The smallest absolute Gasteiger partial charge is 0.341 e. The highest BCUT2D eigenvalue weighted by atomic mass is 35.5. The summed E-state index contributed by atoms with van der Waals surface area (Å²) in [4.78, 5) is 32.0. The Balaban J connectivity index is 1.75. The van der Waals surface area contributed by atoms with Crippen LogP contribution in [0.5, 0.6) is 0 Å². The number of nitrogens with zero attached hydrogens (tertiary/aromatic N) is 3. The summed E-state index contributed by atoms with van der Waals surface area (Å²) in [7, 11) is 1.33. The lowest BCUT2D eigenvalue weighted by Crippen LogP contribution is -2.50. The molecular weight excluding hydrogens is 515 g/mol. The largest absolute Gasteiger partial charge is 0.465 e. The third-order valence-corrected chi connectivity index (χ3v) is 8.13. The van der Waals surface area contributed by atoms with E-state index < -0.39 is 5.97 Å². The van der Waals surface area contributed by atoms with E-state index in [-0.39, 0.29) is 5.91 Å². The minimum Gasteiger partial charge on any atom is -0.465 e. The molecule has 0 aliphatic carbocycles. The van der Waals surface area contributed by atoms with Crippen molar-refractivity contribution in [2.24, 2.45) is 0 Å². The summed E-state index contributed by atoms with van der Waals surface area (Å²) in [5, 5.41) is 5.29. The van der Waals surface area contributed by atoms with Gasteiger partial charge in [-0.2, -0.15) is 0 Å². The molecule has 1 aliphatic rings. The number of rotatable bonds is 6. The summed E-state index contributed by atoms with van der Waals surface area (Å²) in [6.07, 6.45) is 0. The molecule has 0 bridgehead atoms. The summed E-state index contributed by atoms with van der Waals surface area (Å²) in [5.74, 6) is -0.603. The normalized spacial score (nSPS) is 13.6. The number of thiocarbonyl (C=S) groups is 1. The fourth-order valence-electron chi connectivity index (χ4n) is 3.83. The maximum Gasteiger partial charge on any atom is 0.341 e. The van der Waals surface area contributed by atoms with Crippen LogP contribution in [-0.2, 0) is 4.74 Å². The number of methoxy groups -OCH3 is 1. The van der Waals surface area contributed by atoms with Crippen molar-refractivity contribution in [3.05, 3.63) is 44.2 Å². The molecular formula is C23H28Cl2N4O3S2. The predicted octanol–water partition coefficient (Wildman–Crippen LogP) is 5.15. The van der Waals surface area contributed by atoms with E-state index in [0.29, 0.717) is 62.3 Å². The van der Waals surface area contributed by atoms with Gasteiger partial charge in [-0.15, -0.1) is 11.3 Å². The molecule has 0 atom stereocenters. The molecule has 0 unspecified atom stereocenters. The Morgan fingerprint density at radius 3 is 2.35 bits per heavy atom. The number of halogens is 2. The Hall–Kier alpha value is -2.07. The van der Waals surface area contributed by atoms with Gasteiger partial charge in [-0.3, -0.25) is 4.79 Å². The summed E-state index contributed by atoms with van der Waals surface area (Å²) in [6.45, 7) is 9.68. The van der Waals surface area contributed by atoms with E-state index in [0.717, 1.165) is 18.8 Å². The van der Waals surface area contributed by atoms with Crippen molar-refractivity contribution >= 4 is 74.4 Å². The first-order valence-electron chi connectivity index (χ1n) is 11.0. The topological polar surface area (TPSA) is 65.1 Å². The van der Waals surface area contributed by atoms with Gasteiger partial charge in [0, 0.05) is 45.0 Å². The average Bonchev–Trinajstić information content (AvgIpc) is 3.16. The van der Waals surface area contributed by atoms with E-state index >= 15 is 0 Å². The number of hydrogen-bond donors (Lipinski definition) is 1. The number of hydrogen-bond acceptors (Lipinski definition) is 6. The molecule has 0 spiro atoms. The number of carbonyl (C=O) groups is 2. The molecule has 1 amide bonds. The molecule has 2 aromatic rings. The van der Waals surface area contributed by atoms with E-state index in [1.807, 2.05) is 30.9 Å². The van der Waals surface area contributed by atoms with Crippen molar-refractivity contribution in [1.82, 2.24) is 9.80 Å². The van der Waals surface area contributed by atoms with Gasteiger partial charge in [0.15, 0.2) is 5.11 Å². The van der Waals surface area contributed by atoms with Crippen LogP contribution < -0.4 is 10.2 Å². The number of esters is 1. The quantitative estimate of drug-likeness (QED) is 0.399. The molecule has 7 nitrogen and oxygen atoms in total. The highest BCUT2D eigenvalue weighted by Gasteiger charge is 2.29. The van der Waals surface area contributed by atoms with Gasteiger partial charge in [-0.05, 0) is 56.8 Å². The van der Waals surface area contributed by atoms with Gasteiger partial charge in [0.05, 0.1) is 27.6 Å². The maximum atomic E-state index is 13.0. The second-order valence-corrected chi connectivity index (χ2v) is 9.95. The van der Waals surface area contributed by atoms with E-state index in [4.69, 9.17) is 40.2 Å². The number of nitrogens with one attached hydrogen (secondary N) is 1. The van der Waals surface area contributed by atoms with Gasteiger partial charge in [0.1, 0.15) is 5.00 Å². The van der Waals surface area contributed by atoms with Crippen LogP contribution >= 0.6 is 46.8 Å². The number of anilines is 2. The van der Waals surface area contributed by atoms with Crippen molar-refractivity contribution in [2.45, 2.75) is 20.8 Å². The predicted molar refractivity (Wildman–Crippen MR) is 144 cm³/mol. The van der Waals surface area contributed by atoms with Crippen LogP contribution in [0.2, 0.25) is 10.0 Å². The number of carbonyl (C=O) groups excluding carboxylic acids is 2. The van der Waals surface area contributed by atoms with Crippen molar-refractivity contribution in [3.63, 3.8) is 0 Å². The molecule has 0 radical (unpaired) electrons. The van der Waals surface area contributed by atoms with Gasteiger partial charge in [0.2, 0.25) is 0 Å². The van der Waals surface area contributed by atoms with Gasteiger partial charge < -0.3 is 24.8 Å². The molecule has 2 heterocycles. The molecule has 0 saturated carbocycles. The van der Waals surface area contributed by atoms with Crippen LogP contribution in [0, 0.1) is 6.92 Å². The highest BCUT2D eigenvalue weighted by molar-refractivity contribution is 7.80. The Bertz CT molecular complexity index is 1080. The van der Waals surface area contributed by atoms with E-state index in [1.54, 1.807) is 17.9 Å². The van der Waals surface area contributed by atoms with Crippen molar-refractivity contribution in [1.29, 1.82) is 0 Å². The Morgan fingerprint density at radius 2 is 1.79 bits per heavy atom. The highest BCUT2D eigenvalue weighted by Crippen LogP contribution is 2.35. The molecule has 1 N–H and O–H groups in total. The number of piperazine rings is 1. The SMILES string of the molecule is CCN(CC)C(=O)c1sc(NC(=S)N2CCN(c3ccc(Cl)c(Cl)c3)CC2)c(C(=O)OC)c1C. The maximum absolute atomic E-state index is 13.0. The first kappa shape index (κ1) is 26.5. The van der Waals surface area contributed by atoms with Crippen LogP contribution in [-0.4, -0.2) is 73.2 Å². The average molecular weight is 544 g/mol. The lowest BCUT2D eigenvalue weighted by Gasteiger charge is -2.37. The van der Waals surface area contributed by atoms with Crippen molar-refractivity contribution in [3.8, 4) is 0 Å². The van der Waals surface area contributed by atoms with E-state index in [2.05, 4.69) is 10.2 Å².